The Morgan fingerprint density at radius 2 is 1.88 bits per heavy atom. The van der Waals surface area contributed by atoms with Crippen LogP contribution in [0.25, 0.3) is 28.2 Å². The molecule has 9 nitrogen and oxygen atoms in total. The van der Waals surface area contributed by atoms with Crippen molar-refractivity contribution in [2.24, 2.45) is 0 Å². The number of hydrogen-bond acceptors (Lipinski definition) is 6. The van der Waals surface area contributed by atoms with Gasteiger partial charge in [-0.15, -0.1) is 0 Å². The molecule has 0 aliphatic carbocycles. The molecule has 0 spiro atoms. The molecule has 0 saturated carbocycles. The first-order valence-electron chi connectivity index (χ1n) is 10.5. The predicted molar refractivity (Wildman–Crippen MR) is 124 cm³/mol. The molecule has 5 rings (SSSR count). The van der Waals surface area contributed by atoms with Gasteiger partial charge in [-0.1, -0.05) is 24.3 Å². The number of nitrogens with one attached hydrogen (secondary N) is 1. The SMILES string of the molecule is COCCOc1ccccc1-c1ncc2[nH]c(=O)n(Cc3ccc(-n4cccn4)cc3)c2n1. The van der Waals surface area contributed by atoms with E-state index in [4.69, 9.17) is 14.5 Å². The van der Waals surface area contributed by atoms with Gasteiger partial charge in [0.25, 0.3) is 0 Å². The van der Waals surface area contributed by atoms with Crippen molar-refractivity contribution in [3.63, 3.8) is 0 Å². The molecule has 0 amide bonds. The predicted octanol–water partition coefficient (Wildman–Crippen LogP) is 3.05. The minimum absolute atomic E-state index is 0.239. The third-order valence-corrected chi connectivity index (χ3v) is 5.23. The lowest BCUT2D eigenvalue weighted by molar-refractivity contribution is 0.146. The number of aromatic amines is 1. The first kappa shape index (κ1) is 20.7. The van der Waals surface area contributed by atoms with Crippen molar-refractivity contribution < 1.29 is 9.47 Å². The summed E-state index contributed by atoms with van der Waals surface area (Å²) in [7, 11) is 1.63. The topological polar surface area (TPSA) is 99.9 Å². The maximum Gasteiger partial charge on any atom is 0.328 e. The van der Waals surface area contributed by atoms with Gasteiger partial charge in [-0.05, 0) is 35.9 Å². The van der Waals surface area contributed by atoms with Gasteiger partial charge in [-0.3, -0.25) is 4.57 Å². The highest BCUT2D eigenvalue weighted by atomic mass is 16.5. The number of fused-ring (bicyclic) bond motifs is 1. The Bertz CT molecular complexity index is 1420. The van der Waals surface area contributed by atoms with Crippen LogP contribution in [0.1, 0.15) is 5.56 Å². The molecular weight excluding hydrogens is 420 g/mol. The monoisotopic (exact) mass is 442 g/mol. The van der Waals surface area contributed by atoms with Crippen LogP contribution in [0, 0.1) is 0 Å². The minimum Gasteiger partial charge on any atom is -0.490 e. The highest BCUT2D eigenvalue weighted by molar-refractivity contribution is 5.74. The molecule has 0 fully saturated rings. The molecule has 5 aromatic rings. The number of methoxy groups -OCH3 is 1. The van der Waals surface area contributed by atoms with E-state index in [1.165, 1.54) is 0 Å². The molecule has 0 aliphatic heterocycles. The highest BCUT2D eigenvalue weighted by Gasteiger charge is 2.14. The summed E-state index contributed by atoms with van der Waals surface area (Å²) in [5.74, 6) is 1.14. The van der Waals surface area contributed by atoms with Crippen LogP contribution in [-0.2, 0) is 11.3 Å². The van der Waals surface area contributed by atoms with E-state index >= 15 is 0 Å². The average Bonchev–Trinajstić information content (AvgIpc) is 3.48. The minimum atomic E-state index is -0.239. The molecule has 3 heterocycles. The maximum absolute atomic E-state index is 12.7. The van der Waals surface area contributed by atoms with Gasteiger partial charge in [0.15, 0.2) is 11.5 Å². The number of imidazole rings is 1. The Balaban J connectivity index is 1.47. The Kier molecular flexibility index (Phi) is 5.69. The van der Waals surface area contributed by atoms with Crippen molar-refractivity contribution in [3.05, 3.63) is 89.2 Å². The number of hydrogen-bond donors (Lipinski definition) is 1. The van der Waals surface area contributed by atoms with Crippen LogP contribution in [0.2, 0.25) is 0 Å². The number of ether oxygens (including phenoxy) is 2. The van der Waals surface area contributed by atoms with Crippen LogP contribution in [0.3, 0.4) is 0 Å². The van der Waals surface area contributed by atoms with Crippen LogP contribution < -0.4 is 10.4 Å². The van der Waals surface area contributed by atoms with Crippen LogP contribution in [0.4, 0.5) is 0 Å². The summed E-state index contributed by atoms with van der Waals surface area (Å²) >= 11 is 0. The summed E-state index contributed by atoms with van der Waals surface area (Å²) in [4.78, 5) is 24.7. The second-order valence-electron chi connectivity index (χ2n) is 7.40. The van der Waals surface area contributed by atoms with Crippen molar-refractivity contribution in [2.45, 2.75) is 6.54 Å². The fourth-order valence-electron chi connectivity index (χ4n) is 3.59. The number of aromatic nitrogens is 6. The van der Waals surface area contributed by atoms with E-state index in [1.54, 1.807) is 28.8 Å². The molecule has 0 radical (unpaired) electrons. The second kappa shape index (κ2) is 9.09. The van der Waals surface area contributed by atoms with E-state index in [1.807, 2.05) is 60.8 Å². The Morgan fingerprint density at radius 1 is 1.03 bits per heavy atom. The number of benzene rings is 2. The fourth-order valence-corrected chi connectivity index (χ4v) is 3.59. The molecule has 0 saturated heterocycles. The smallest absolute Gasteiger partial charge is 0.328 e. The van der Waals surface area contributed by atoms with Crippen molar-refractivity contribution in [1.82, 2.24) is 29.3 Å². The molecule has 9 heteroatoms. The van der Waals surface area contributed by atoms with Crippen LogP contribution in [-0.4, -0.2) is 49.6 Å². The third-order valence-electron chi connectivity index (χ3n) is 5.23. The second-order valence-corrected chi connectivity index (χ2v) is 7.40. The number of nitrogens with zero attached hydrogens (tertiary/aromatic N) is 5. The number of H-pyrrole nitrogens is 1. The first-order chi connectivity index (χ1) is 16.2. The van der Waals surface area contributed by atoms with E-state index in [2.05, 4.69) is 15.1 Å². The van der Waals surface area contributed by atoms with E-state index < -0.39 is 0 Å². The lowest BCUT2D eigenvalue weighted by Crippen LogP contribution is -2.17. The molecule has 3 aromatic heterocycles. The van der Waals surface area contributed by atoms with Gasteiger partial charge in [0, 0.05) is 19.5 Å². The van der Waals surface area contributed by atoms with Crippen molar-refractivity contribution >= 4 is 11.2 Å². The van der Waals surface area contributed by atoms with E-state index in [9.17, 15) is 4.79 Å². The van der Waals surface area contributed by atoms with Gasteiger partial charge in [0.1, 0.15) is 17.9 Å². The molecule has 2 aromatic carbocycles. The Labute approximate surface area is 189 Å². The van der Waals surface area contributed by atoms with Gasteiger partial charge in [0.05, 0.1) is 30.6 Å². The quantitative estimate of drug-likeness (QED) is 0.371. The van der Waals surface area contributed by atoms with Gasteiger partial charge in [-0.2, -0.15) is 5.10 Å². The fraction of sp³-hybridized carbons (Fsp3) is 0.167. The molecule has 166 valence electrons. The normalized spacial score (nSPS) is 11.2. The van der Waals surface area contributed by atoms with Crippen molar-refractivity contribution in [2.75, 3.05) is 20.3 Å². The van der Waals surface area contributed by atoms with Crippen LogP contribution in [0.5, 0.6) is 5.75 Å². The van der Waals surface area contributed by atoms with Crippen molar-refractivity contribution in [1.29, 1.82) is 0 Å². The average molecular weight is 442 g/mol. The zero-order valence-corrected chi connectivity index (χ0v) is 18.0. The molecule has 0 bridgehead atoms. The molecule has 0 unspecified atom stereocenters. The molecular formula is C24H22N6O3. The molecule has 1 N–H and O–H groups in total. The molecule has 0 aliphatic rings. The summed E-state index contributed by atoms with van der Waals surface area (Å²) in [6.45, 7) is 1.27. The largest absolute Gasteiger partial charge is 0.490 e. The number of para-hydroxylation sites is 1. The highest BCUT2D eigenvalue weighted by Crippen LogP contribution is 2.28. The zero-order valence-electron chi connectivity index (χ0n) is 18.0. The van der Waals surface area contributed by atoms with Gasteiger partial charge >= 0.3 is 5.69 Å². The summed E-state index contributed by atoms with van der Waals surface area (Å²) in [6.07, 6.45) is 5.24. The summed E-state index contributed by atoms with van der Waals surface area (Å²) < 4.78 is 14.3. The lowest BCUT2D eigenvalue weighted by atomic mass is 10.2. The first-order valence-corrected chi connectivity index (χ1v) is 10.5. The van der Waals surface area contributed by atoms with Gasteiger partial charge in [-0.25, -0.2) is 19.4 Å². The van der Waals surface area contributed by atoms with E-state index in [0.717, 1.165) is 16.8 Å². The Hall–Kier alpha value is -4.24. The standard InChI is InChI=1S/C24H22N6O3/c1-32-13-14-33-21-6-3-2-5-19(21)22-25-15-20-23(28-22)29(24(31)27-20)16-17-7-9-18(10-8-17)30-12-4-11-26-30/h2-12,15H,13-14,16H2,1H3,(H,27,31). The third kappa shape index (κ3) is 4.26. The maximum atomic E-state index is 12.7. The molecule has 0 atom stereocenters. The van der Waals surface area contributed by atoms with E-state index in [0.29, 0.717) is 42.5 Å². The summed E-state index contributed by atoms with van der Waals surface area (Å²) in [5, 5.41) is 4.24. The zero-order chi connectivity index (χ0) is 22.6. The summed E-state index contributed by atoms with van der Waals surface area (Å²) in [6, 6.07) is 17.3. The van der Waals surface area contributed by atoms with Crippen molar-refractivity contribution in [3.8, 4) is 22.8 Å². The van der Waals surface area contributed by atoms with Gasteiger partial charge < -0.3 is 14.5 Å². The van der Waals surface area contributed by atoms with E-state index in [-0.39, 0.29) is 5.69 Å². The summed E-state index contributed by atoms with van der Waals surface area (Å²) in [5.41, 5.74) is 3.54. The molecule has 33 heavy (non-hydrogen) atoms. The van der Waals surface area contributed by atoms with Crippen LogP contribution in [0.15, 0.2) is 78.0 Å². The van der Waals surface area contributed by atoms with Crippen LogP contribution >= 0.6 is 0 Å². The van der Waals surface area contributed by atoms with Gasteiger partial charge in [0.2, 0.25) is 0 Å². The number of rotatable bonds is 8. The Morgan fingerprint density at radius 3 is 2.67 bits per heavy atom. The lowest BCUT2D eigenvalue weighted by Gasteiger charge is -2.10.